The van der Waals surface area contributed by atoms with Gasteiger partial charge < -0.3 is 10.1 Å². The standard InChI is InChI=1S/C8H17NO/c1-8(6-9-2)4-7(5-8)10-3/h7,9H,4-6H2,1-3H3. The van der Waals surface area contributed by atoms with Gasteiger partial charge in [-0.3, -0.25) is 0 Å². The summed E-state index contributed by atoms with van der Waals surface area (Å²) in [6.45, 7) is 3.42. The third-order valence-corrected chi connectivity index (χ3v) is 2.38. The predicted octanol–water partition coefficient (Wildman–Crippen LogP) is 1.02. The van der Waals surface area contributed by atoms with Crippen molar-refractivity contribution in [1.29, 1.82) is 0 Å². The largest absolute Gasteiger partial charge is 0.381 e. The Hall–Kier alpha value is -0.0800. The van der Waals surface area contributed by atoms with Gasteiger partial charge in [0.05, 0.1) is 6.10 Å². The van der Waals surface area contributed by atoms with Crippen LogP contribution in [0.1, 0.15) is 19.8 Å². The van der Waals surface area contributed by atoms with Crippen molar-refractivity contribution < 1.29 is 4.74 Å². The number of methoxy groups -OCH3 is 1. The highest BCUT2D eigenvalue weighted by molar-refractivity contribution is 4.92. The molecule has 0 saturated heterocycles. The van der Waals surface area contributed by atoms with Crippen LogP contribution < -0.4 is 5.32 Å². The fraction of sp³-hybridized carbons (Fsp3) is 1.00. The zero-order valence-electron chi connectivity index (χ0n) is 7.11. The summed E-state index contributed by atoms with van der Waals surface area (Å²) in [6.07, 6.45) is 2.95. The Labute approximate surface area is 63.0 Å². The van der Waals surface area contributed by atoms with Crippen LogP contribution in [0.4, 0.5) is 0 Å². The molecule has 1 rings (SSSR count). The Kier molecular flexibility index (Phi) is 2.32. The van der Waals surface area contributed by atoms with E-state index in [4.69, 9.17) is 4.74 Å². The summed E-state index contributed by atoms with van der Waals surface area (Å²) in [7, 11) is 3.80. The lowest BCUT2D eigenvalue weighted by molar-refractivity contribution is -0.0477. The molecular formula is C8H17NO. The molecular weight excluding hydrogens is 126 g/mol. The molecule has 0 aromatic heterocycles. The molecule has 0 radical (unpaired) electrons. The fourth-order valence-electron chi connectivity index (χ4n) is 1.78. The topological polar surface area (TPSA) is 21.3 Å². The number of rotatable bonds is 3. The number of hydrogen-bond acceptors (Lipinski definition) is 2. The van der Waals surface area contributed by atoms with E-state index in [0.29, 0.717) is 11.5 Å². The highest BCUT2D eigenvalue weighted by Crippen LogP contribution is 2.41. The summed E-state index contributed by atoms with van der Waals surface area (Å²) in [5.74, 6) is 0. The maximum atomic E-state index is 5.20. The van der Waals surface area contributed by atoms with Crippen molar-refractivity contribution in [2.75, 3.05) is 20.7 Å². The van der Waals surface area contributed by atoms with Crippen LogP contribution in [0.25, 0.3) is 0 Å². The van der Waals surface area contributed by atoms with Gasteiger partial charge in [0.2, 0.25) is 0 Å². The van der Waals surface area contributed by atoms with Crippen LogP contribution in [0.2, 0.25) is 0 Å². The van der Waals surface area contributed by atoms with E-state index in [0.717, 1.165) is 6.54 Å². The molecule has 1 N–H and O–H groups in total. The fourth-order valence-corrected chi connectivity index (χ4v) is 1.78. The van der Waals surface area contributed by atoms with Gasteiger partial charge in [0.1, 0.15) is 0 Å². The molecule has 1 aliphatic rings. The van der Waals surface area contributed by atoms with Gasteiger partial charge in [-0.15, -0.1) is 0 Å². The lowest BCUT2D eigenvalue weighted by Crippen LogP contribution is -2.45. The van der Waals surface area contributed by atoms with Gasteiger partial charge in [0, 0.05) is 13.7 Å². The Balaban J connectivity index is 2.20. The van der Waals surface area contributed by atoms with E-state index in [1.807, 2.05) is 7.05 Å². The molecule has 0 aromatic rings. The molecule has 0 bridgehead atoms. The van der Waals surface area contributed by atoms with Gasteiger partial charge in [-0.05, 0) is 25.3 Å². The lowest BCUT2D eigenvalue weighted by atomic mass is 9.68. The summed E-state index contributed by atoms with van der Waals surface area (Å²) in [6, 6.07) is 0. The van der Waals surface area contributed by atoms with Crippen molar-refractivity contribution in [1.82, 2.24) is 5.32 Å². The Morgan fingerprint density at radius 2 is 2.20 bits per heavy atom. The molecule has 0 spiro atoms. The van der Waals surface area contributed by atoms with Crippen molar-refractivity contribution in [2.45, 2.75) is 25.9 Å². The molecule has 0 aromatic carbocycles. The van der Waals surface area contributed by atoms with E-state index in [1.54, 1.807) is 7.11 Å². The molecule has 0 aliphatic heterocycles. The summed E-state index contributed by atoms with van der Waals surface area (Å²) < 4.78 is 5.20. The molecule has 2 heteroatoms. The Bertz CT molecular complexity index is 108. The van der Waals surface area contributed by atoms with E-state index in [2.05, 4.69) is 12.2 Å². The van der Waals surface area contributed by atoms with E-state index in [-0.39, 0.29) is 0 Å². The molecule has 0 heterocycles. The second kappa shape index (κ2) is 2.89. The maximum Gasteiger partial charge on any atom is 0.0582 e. The molecule has 1 fully saturated rings. The maximum absolute atomic E-state index is 5.20. The third kappa shape index (κ3) is 1.50. The highest BCUT2D eigenvalue weighted by Gasteiger charge is 2.39. The average Bonchev–Trinajstić information content (AvgIpc) is 1.83. The minimum Gasteiger partial charge on any atom is -0.381 e. The second-order valence-corrected chi connectivity index (χ2v) is 3.61. The number of ether oxygens (including phenoxy) is 1. The quantitative estimate of drug-likeness (QED) is 0.637. The van der Waals surface area contributed by atoms with Crippen molar-refractivity contribution in [3.05, 3.63) is 0 Å². The zero-order valence-corrected chi connectivity index (χ0v) is 7.11. The van der Waals surface area contributed by atoms with E-state index in [9.17, 15) is 0 Å². The summed E-state index contributed by atoms with van der Waals surface area (Å²) >= 11 is 0. The number of nitrogens with one attached hydrogen (secondary N) is 1. The molecule has 2 nitrogen and oxygen atoms in total. The normalized spacial score (nSPS) is 39.3. The third-order valence-electron chi connectivity index (χ3n) is 2.38. The van der Waals surface area contributed by atoms with Crippen molar-refractivity contribution >= 4 is 0 Å². The van der Waals surface area contributed by atoms with Gasteiger partial charge in [0.15, 0.2) is 0 Å². The molecule has 1 saturated carbocycles. The van der Waals surface area contributed by atoms with Gasteiger partial charge >= 0.3 is 0 Å². The second-order valence-electron chi connectivity index (χ2n) is 3.61. The first kappa shape index (κ1) is 8.02. The first-order valence-corrected chi connectivity index (χ1v) is 3.87. The van der Waals surface area contributed by atoms with Crippen LogP contribution in [-0.2, 0) is 4.74 Å². The van der Waals surface area contributed by atoms with E-state index in [1.165, 1.54) is 12.8 Å². The monoisotopic (exact) mass is 143 g/mol. The average molecular weight is 143 g/mol. The van der Waals surface area contributed by atoms with Gasteiger partial charge in [0.25, 0.3) is 0 Å². The Morgan fingerprint density at radius 3 is 2.60 bits per heavy atom. The molecule has 0 amide bonds. The zero-order chi connectivity index (χ0) is 7.61. The minimum atomic E-state index is 0.509. The summed E-state index contributed by atoms with van der Waals surface area (Å²) in [5.41, 5.74) is 0.509. The SMILES string of the molecule is CNCC1(C)CC(OC)C1. The van der Waals surface area contributed by atoms with Crippen molar-refractivity contribution in [2.24, 2.45) is 5.41 Å². The van der Waals surface area contributed by atoms with Crippen LogP contribution in [-0.4, -0.2) is 26.8 Å². The van der Waals surface area contributed by atoms with Gasteiger partial charge in [-0.25, -0.2) is 0 Å². The van der Waals surface area contributed by atoms with Crippen molar-refractivity contribution in [3.63, 3.8) is 0 Å². The Morgan fingerprint density at radius 1 is 1.60 bits per heavy atom. The van der Waals surface area contributed by atoms with Crippen LogP contribution in [0.15, 0.2) is 0 Å². The molecule has 1 aliphatic carbocycles. The summed E-state index contributed by atoms with van der Waals surface area (Å²) in [4.78, 5) is 0. The van der Waals surface area contributed by atoms with E-state index < -0.39 is 0 Å². The summed E-state index contributed by atoms with van der Waals surface area (Å²) in [5, 5.41) is 3.20. The van der Waals surface area contributed by atoms with Crippen LogP contribution in [0, 0.1) is 5.41 Å². The molecule has 0 unspecified atom stereocenters. The highest BCUT2D eigenvalue weighted by atomic mass is 16.5. The molecule has 60 valence electrons. The van der Waals surface area contributed by atoms with Gasteiger partial charge in [-0.1, -0.05) is 6.92 Å². The predicted molar refractivity (Wildman–Crippen MR) is 42.1 cm³/mol. The van der Waals surface area contributed by atoms with Crippen LogP contribution >= 0.6 is 0 Å². The molecule has 10 heavy (non-hydrogen) atoms. The van der Waals surface area contributed by atoms with E-state index >= 15 is 0 Å². The van der Waals surface area contributed by atoms with Crippen molar-refractivity contribution in [3.8, 4) is 0 Å². The first-order valence-electron chi connectivity index (χ1n) is 3.87. The van der Waals surface area contributed by atoms with Crippen LogP contribution in [0.3, 0.4) is 0 Å². The van der Waals surface area contributed by atoms with Crippen LogP contribution in [0.5, 0.6) is 0 Å². The van der Waals surface area contributed by atoms with Gasteiger partial charge in [-0.2, -0.15) is 0 Å². The first-order chi connectivity index (χ1) is 4.70. The minimum absolute atomic E-state index is 0.509. The smallest absolute Gasteiger partial charge is 0.0582 e. The molecule has 0 atom stereocenters. The lowest BCUT2D eigenvalue weighted by Gasteiger charge is -2.44. The number of hydrogen-bond donors (Lipinski definition) is 1.